The van der Waals surface area contributed by atoms with Crippen LogP contribution in [0, 0.1) is 0 Å². The molecule has 2 N–H and O–H groups in total. The van der Waals surface area contributed by atoms with E-state index in [1.54, 1.807) is 19.6 Å². The van der Waals surface area contributed by atoms with E-state index in [1.165, 1.54) is 5.56 Å². The highest BCUT2D eigenvalue weighted by Crippen LogP contribution is 2.33. The van der Waals surface area contributed by atoms with Crippen LogP contribution < -0.4 is 10.6 Å². The Balaban J connectivity index is 2.13. The number of carbonyl (C=O) groups excluding carboxylic acids is 1. The van der Waals surface area contributed by atoms with Gasteiger partial charge in [-0.1, -0.05) is 53.7 Å². The zero-order chi connectivity index (χ0) is 20.9. The minimum absolute atomic E-state index is 0.0111. The van der Waals surface area contributed by atoms with Gasteiger partial charge in [-0.2, -0.15) is 0 Å². The largest absolute Gasteiger partial charge is 0.383 e. The number of nitrogens with one attached hydrogen (secondary N) is 2. The van der Waals surface area contributed by atoms with E-state index >= 15 is 0 Å². The average Bonchev–Trinajstić information content (AvgIpc) is 3.03. The number of benzene rings is 1. The lowest BCUT2D eigenvalue weighted by atomic mass is 9.81. The van der Waals surface area contributed by atoms with E-state index < -0.39 is 0 Å². The van der Waals surface area contributed by atoms with Gasteiger partial charge in [0, 0.05) is 25.5 Å². The molecule has 6 heteroatoms. The van der Waals surface area contributed by atoms with Crippen LogP contribution in [0.5, 0.6) is 0 Å². The fourth-order valence-electron chi connectivity index (χ4n) is 2.99. The number of rotatable bonds is 6. The van der Waals surface area contributed by atoms with Crippen molar-refractivity contribution in [2.45, 2.75) is 65.5 Å². The molecule has 6 nitrogen and oxygen atoms in total. The van der Waals surface area contributed by atoms with E-state index in [0.29, 0.717) is 19.7 Å². The molecular formula is C22H34N4O2. The van der Waals surface area contributed by atoms with Gasteiger partial charge in [-0.3, -0.25) is 0 Å². The van der Waals surface area contributed by atoms with Crippen LogP contribution in [0.4, 0.5) is 10.5 Å². The fraction of sp³-hybridized carbons (Fsp3) is 0.545. The minimum Gasteiger partial charge on any atom is -0.383 e. The summed E-state index contributed by atoms with van der Waals surface area (Å²) in [4.78, 5) is 16.8. The number of hydrogen-bond acceptors (Lipinski definition) is 3. The monoisotopic (exact) mass is 386 g/mol. The van der Waals surface area contributed by atoms with Gasteiger partial charge in [-0.25, -0.2) is 9.78 Å². The highest BCUT2D eigenvalue weighted by molar-refractivity contribution is 5.90. The van der Waals surface area contributed by atoms with Crippen molar-refractivity contribution >= 4 is 11.7 Å². The zero-order valence-corrected chi connectivity index (χ0v) is 18.2. The predicted molar refractivity (Wildman–Crippen MR) is 114 cm³/mol. The summed E-state index contributed by atoms with van der Waals surface area (Å²) in [7, 11) is 1.67. The molecule has 2 amide bonds. The van der Waals surface area contributed by atoms with Crippen LogP contribution in [0.15, 0.2) is 30.7 Å². The first kappa shape index (κ1) is 22.0. The minimum atomic E-state index is -0.226. The van der Waals surface area contributed by atoms with E-state index in [-0.39, 0.29) is 16.9 Å². The summed E-state index contributed by atoms with van der Waals surface area (Å²) in [5, 5.41) is 5.99. The number of hydrogen-bond donors (Lipinski definition) is 2. The number of methoxy groups -OCH3 is 1. The molecule has 154 valence electrons. The summed E-state index contributed by atoms with van der Waals surface area (Å²) in [5.41, 5.74) is 4.03. The SMILES string of the molecule is COCCn1cncc1CNC(=O)Nc1cc(C(C)(C)C)ccc1C(C)(C)C. The summed E-state index contributed by atoms with van der Waals surface area (Å²) in [6.07, 6.45) is 3.51. The Labute approximate surface area is 168 Å². The Kier molecular flexibility index (Phi) is 6.88. The lowest BCUT2D eigenvalue weighted by molar-refractivity contribution is 0.186. The van der Waals surface area contributed by atoms with E-state index in [4.69, 9.17) is 4.74 Å². The van der Waals surface area contributed by atoms with Gasteiger partial charge in [-0.05, 0) is 28.0 Å². The number of aromatic nitrogens is 2. The normalized spacial score (nSPS) is 12.1. The van der Waals surface area contributed by atoms with Crippen LogP contribution in [0.1, 0.15) is 58.4 Å². The Morgan fingerprint density at radius 1 is 1.14 bits per heavy atom. The first-order chi connectivity index (χ1) is 13.0. The molecule has 1 heterocycles. The molecule has 1 aromatic heterocycles. The molecule has 0 atom stereocenters. The molecule has 0 aliphatic rings. The Morgan fingerprint density at radius 2 is 1.86 bits per heavy atom. The molecule has 2 aromatic rings. The van der Waals surface area contributed by atoms with Gasteiger partial charge < -0.3 is 19.9 Å². The van der Waals surface area contributed by atoms with Gasteiger partial charge in [0.05, 0.1) is 25.2 Å². The molecule has 2 rings (SSSR count). The summed E-state index contributed by atoms with van der Waals surface area (Å²) in [6, 6.07) is 6.13. The van der Waals surface area contributed by atoms with Gasteiger partial charge in [0.25, 0.3) is 0 Å². The highest BCUT2D eigenvalue weighted by Gasteiger charge is 2.22. The number of ether oxygens (including phenoxy) is 1. The van der Waals surface area contributed by atoms with Crippen molar-refractivity contribution in [3.8, 4) is 0 Å². The summed E-state index contributed by atoms with van der Waals surface area (Å²) in [5.74, 6) is 0. The third-order valence-corrected chi connectivity index (χ3v) is 4.71. The van der Waals surface area contributed by atoms with E-state index in [1.807, 2.05) is 4.57 Å². The second kappa shape index (κ2) is 8.78. The first-order valence-electron chi connectivity index (χ1n) is 9.70. The first-order valence-corrected chi connectivity index (χ1v) is 9.70. The Bertz CT molecular complexity index is 798. The van der Waals surface area contributed by atoms with Gasteiger partial charge >= 0.3 is 6.03 Å². The molecule has 0 aliphatic heterocycles. The summed E-state index contributed by atoms with van der Waals surface area (Å²) < 4.78 is 7.09. The quantitative estimate of drug-likeness (QED) is 0.771. The maximum absolute atomic E-state index is 12.6. The van der Waals surface area contributed by atoms with Gasteiger partial charge in [0.2, 0.25) is 0 Å². The maximum atomic E-state index is 12.6. The van der Waals surface area contributed by atoms with Crippen LogP contribution in [-0.4, -0.2) is 29.3 Å². The third-order valence-electron chi connectivity index (χ3n) is 4.71. The number of amides is 2. The van der Waals surface area contributed by atoms with E-state index in [9.17, 15) is 4.79 Å². The molecule has 0 radical (unpaired) electrons. The second-order valence-corrected chi connectivity index (χ2v) is 9.14. The number of urea groups is 1. The van der Waals surface area contributed by atoms with Crippen LogP contribution in [0.3, 0.4) is 0 Å². The molecule has 0 unspecified atom stereocenters. The van der Waals surface area contributed by atoms with E-state index in [2.05, 4.69) is 75.4 Å². The lowest BCUT2D eigenvalue weighted by Crippen LogP contribution is -2.30. The van der Waals surface area contributed by atoms with Gasteiger partial charge in [0.1, 0.15) is 0 Å². The summed E-state index contributed by atoms with van der Waals surface area (Å²) in [6.45, 7) is 14.7. The molecule has 0 saturated heterocycles. The molecule has 0 fully saturated rings. The van der Waals surface area contributed by atoms with Crippen LogP contribution in [0.2, 0.25) is 0 Å². The van der Waals surface area contributed by atoms with Crippen molar-refractivity contribution in [1.29, 1.82) is 0 Å². The standard InChI is InChI=1S/C22H34N4O2/c1-21(2,3)16-8-9-18(22(4,5)6)19(12-16)25-20(27)24-14-17-13-23-15-26(17)10-11-28-7/h8-9,12-13,15H,10-11,14H2,1-7H3,(H2,24,25,27). The van der Waals surface area contributed by atoms with Crippen molar-refractivity contribution in [3.05, 3.63) is 47.5 Å². The number of carbonyl (C=O) groups is 1. The molecule has 0 saturated carbocycles. The zero-order valence-electron chi connectivity index (χ0n) is 18.2. The van der Waals surface area contributed by atoms with Crippen molar-refractivity contribution in [2.24, 2.45) is 0 Å². The van der Waals surface area contributed by atoms with Gasteiger partial charge in [-0.15, -0.1) is 0 Å². The highest BCUT2D eigenvalue weighted by atomic mass is 16.5. The molecule has 28 heavy (non-hydrogen) atoms. The fourth-order valence-corrected chi connectivity index (χ4v) is 2.99. The molecule has 0 spiro atoms. The number of anilines is 1. The second-order valence-electron chi connectivity index (χ2n) is 9.14. The predicted octanol–water partition coefficient (Wildman–Crippen LogP) is 4.45. The molecule has 0 bridgehead atoms. The average molecular weight is 387 g/mol. The molecular weight excluding hydrogens is 352 g/mol. The van der Waals surface area contributed by atoms with Crippen molar-refractivity contribution < 1.29 is 9.53 Å². The smallest absolute Gasteiger partial charge is 0.319 e. The lowest BCUT2D eigenvalue weighted by Gasteiger charge is -2.27. The van der Waals surface area contributed by atoms with Crippen LogP contribution in [-0.2, 0) is 28.7 Å². The molecule has 0 aliphatic carbocycles. The molecule has 1 aromatic carbocycles. The summed E-state index contributed by atoms with van der Waals surface area (Å²) >= 11 is 0. The Morgan fingerprint density at radius 3 is 2.46 bits per heavy atom. The topological polar surface area (TPSA) is 68.2 Å². The van der Waals surface area contributed by atoms with Crippen LogP contribution in [0.25, 0.3) is 0 Å². The number of nitrogens with zero attached hydrogens (tertiary/aromatic N) is 2. The Hall–Kier alpha value is -2.34. The van der Waals surface area contributed by atoms with E-state index in [0.717, 1.165) is 16.9 Å². The van der Waals surface area contributed by atoms with Crippen molar-refractivity contribution in [2.75, 3.05) is 19.0 Å². The third kappa shape index (κ3) is 5.83. The maximum Gasteiger partial charge on any atom is 0.319 e. The number of imidazole rings is 1. The van der Waals surface area contributed by atoms with Crippen molar-refractivity contribution in [1.82, 2.24) is 14.9 Å². The van der Waals surface area contributed by atoms with Gasteiger partial charge in [0.15, 0.2) is 0 Å². The van der Waals surface area contributed by atoms with Crippen molar-refractivity contribution in [3.63, 3.8) is 0 Å². The van der Waals surface area contributed by atoms with Crippen LogP contribution >= 0.6 is 0 Å².